The number of carbonyl (C=O) groups is 1. The maximum Gasteiger partial charge on any atom is 0.257 e. The fourth-order valence-electron chi connectivity index (χ4n) is 2.06. The number of rotatable bonds is 2. The van der Waals surface area contributed by atoms with Gasteiger partial charge in [0.2, 0.25) is 0 Å². The van der Waals surface area contributed by atoms with Gasteiger partial charge in [-0.3, -0.25) is 9.78 Å². The van der Waals surface area contributed by atoms with Gasteiger partial charge < -0.3 is 11.1 Å². The monoisotopic (exact) mass is 263 g/mol. The van der Waals surface area contributed by atoms with Crippen LogP contribution >= 0.6 is 0 Å². The first-order valence-corrected chi connectivity index (χ1v) is 6.25. The number of aromatic nitrogens is 1. The predicted molar refractivity (Wildman–Crippen MR) is 80.6 cm³/mol. The fraction of sp³-hybridized carbons (Fsp3) is 0. The van der Waals surface area contributed by atoms with Crippen LogP contribution in [0, 0.1) is 0 Å². The number of carbonyl (C=O) groups excluding carboxylic acids is 1. The molecule has 0 unspecified atom stereocenters. The number of benzene rings is 2. The van der Waals surface area contributed by atoms with Gasteiger partial charge in [0.25, 0.3) is 5.91 Å². The summed E-state index contributed by atoms with van der Waals surface area (Å²) >= 11 is 0. The lowest BCUT2D eigenvalue weighted by Gasteiger charge is -2.08. The Morgan fingerprint density at radius 2 is 1.90 bits per heavy atom. The molecule has 0 aliphatic rings. The number of nitrogens with zero attached hydrogens (tertiary/aromatic N) is 1. The molecule has 0 spiro atoms. The van der Waals surface area contributed by atoms with Crippen molar-refractivity contribution in [1.29, 1.82) is 0 Å². The maximum atomic E-state index is 12.2. The summed E-state index contributed by atoms with van der Waals surface area (Å²) in [4.78, 5) is 16.4. The lowest BCUT2D eigenvalue weighted by molar-refractivity contribution is 0.102. The largest absolute Gasteiger partial charge is 0.398 e. The Hall–Kier alpha value is -2.88. The zero-order chi connectivity index (χ0) is 13.9. The number of anilines is 2. The molecule has 3 rings (SSSR count). The van der Waals surface area contributed by atoms with E-state index in [9.17, 15) is 4.79 Å². The maximum absolute atomic E-state index is 12.2. The summed E-state index contributed by atoms with van der Waals surface area (Å²) in [6, 6.07) is 16.4. The summed E-state index contributed by atoms with van der Waals surface area (Å²) in [5.74, 6) is -0.216. The van der Waals surface area contributed by atoms with Crippen molar-refractivity contribution in [2.45, 2.75) is 0 Å². The quantitative estimate of drug-likeness (QED) is 0.698. The van der Waals surface area contributed by atoms with Crippen LogP contribution < -0.4 is 11.1 Å². The zero-order valence-electron chi connectivity index (χ0n) is 10.7. The second-order valence-corrected chi connectivity index (χ2v) is 4.45. The molecule has 98 valence electrons. The average Bonchev–Trinajstić information content (AvgIpc) is 2.47. The van der Waals surface area contributed by atoms with E-state index in [1.54, 1.807) is 30.5 Å². The fourth-order valence-corrected chi connectivity index (χ4v) is 2.06. The number of amides is 1. The summed E-state index contributed by atoms with van der Waals surface area (Å²) in [5, 5.41) is 3.82. The molecule has 1 amide bonds. The molecule has 0 saturated carbocycles. The molecule has 3 aromatic rings. The SMILES string of the molecule is Nc1ccccc1C(=O)Nc1ccc2ncccc2c1. The van der Waals surface area contributed by atoms with Crippen molar-refractivity contribution >= 4 is 28.2 Å². The Bertz CT molecular complexity index is 783. The van der Waals surface area contributed by atoms with Crippen LogP contribution in [0.3, 0.4) is 0 Å². The van der Waals surface area contributed by atoms with E-state index < -0.39 is 0 Å². The minimum Gasteiger partial charge on any atom is -0.398 e. The molecule has 4 heteroatoms. The van der Waals surface area contributed by atoms with Crippen molar-refractivity contribution in [2.75, 3.05) is 11.1 Å². The molecular weight excluding hydrogens is 250 g/mol. The molecule has 0 bridgehead atoms. The molecule has 3 N–H and O–H groups in total. The highest BCUT2D eigenvalue weighted by Crippen LogP contribution is 2.19. The summed E-state index contributed by atoms with van der Waals surface area (Å²) in [6.45, 7) is 0. The van der Waals surface area contributed by atoms with Gasteiger partial charge in [-0.2, -0.15) is 0 Å². The summed E-state index contributed by atoms with van der Waals surface area (Å²) in [5.41, 5.74) is 8.35. The van der Waals surface area contributed by atoms with Gasteiger partial charge in [0.15, 0.2) is 0 Å². The number of hydrogen-bond acceptors (Lipinski definition) is 3. The third-order valence-corrected chi connectivity index (χ3v) is 3.07. The molecular formula is C16H13N3O. The Balaban J connectivity index is 1.89. The minimum atomic E-state index is -0.216. The standard InChI is InChI=1S/C16H13N3O/c17-14-6-2-1-5-13(14)16(20)19-12-7-8-15-11(10-12)4-3-9-18-15/h1-10H,17H2,(H,19,20). The summed E-state index contributed by atoms with van der Waals surface area (Å²) in [6.07, 6.45) is 1.74. The van der Waals surface area contributed by atoms with Crippen molar-refractivity contribution < 1.29 is 4.79 Å². The van der Waals surface area contributed by atoms with Crippen molar-refractivity contribution in [3.05, 3.63) is 66.4 Å². The molecule has 1 aromatic heterocycles. The van der Waals surface area contributed by atoms with Crippen LogP contribution in [0.2, 0.25) is 0 Å². The summed E-state index contributed by atoms with van der Waals surface area (Å²) in [7, 11) is 0. The van der Waals surface area contributed by atoms with E-state index in [4.69, 9.17) is 5.73 Å². The van der Waals surface area contributed by atoms with E-state index in [1.807, 2.05) is 30.3 Å². The molecule has 1 heterocycles. The lowest BCUT2D eigenvalue weighted by Crippen LogP contribution is -2.13. The molecule has 0 aliphatic heterocycles. The number of para-hydroxylation sites is 1. The minimum absolute atomic E-state index is 0.216. The molecule has 2 aromatic carbocycles. The number of hydrogen-bond donors (Lipinski definition) is 2. The lowest BCUT2D eigenvalue weighted by atomic mass is 10.1. The second kappa shape index (κ2) is 5.01. The first-order valence-electron chi connectivity index (χ1n) is 6.25. The number of nitrogens with two attached hydrogens (primary N) is 1. The van der Waals surface area contributed by atoms with E-state index in [0.717, 1.165) is 16.6 Å². The van der Waals surface area contributed by atoms with E-state index in [2.05, 4.69) is 10.3 Å². The average molecular weight is 263 g/mol. The third kappa shape index (κ3) is 2.31. The number of fused-ring (bicyclic) bond motifs is 1. The van der Waals surface area contributed by atoms with Crippen LogP contribution in [0.15, 0.2) is 60.8 Å². The normalized spacial score (nSPS) is 10.4. The van der Waals surface area contributed by atoms with Gasteiger partial charge in [0.05, 0.1) is 11.1 Å². The van der Waals surface area contributed by atoms with Gasteiger partial charge in [-0.05, 0) is 36.4 Å². The van der Waals surface area contributed by atoms with Crippen molar-refractivity contribution in [3.8, 4) is 0 Å². The highest BCUT2D eigenvalue weighted by Gasteiger charge is 2.09. The van der Waals surface area contributed by atoms with Gasteiger partial charge in [0.1, 0.15) is 0 Å². The Kier molecular flexibility index (Phi) is 3.05. The first kappa shape index (κ1) is 12.2. The third-order valence-electron chi connectivity index (χ3n) is 3.07. The van der Waals surface area contributed by atoms with E-state index in [0.29, 0.717) is 11.3 Å². The number of pyridine rings is 1. The van der Waals surface area contributed by atoms with Gasteiger partial charge >= 0.3 is 0 Å². The molecule has 20 heavy (non-hydrogen) atoms. The van der Waals surface area contributed by atoms with Gasteiger partial charge in [-0.1, -0.05) is 18.2 Å². The van der Waals surface area contributed by atoms with Gasteiger partial charge in [-0.25, -0.2) is 0 Å². The molecule has 0 atom stereocenters. The van der Waals surface area contributed by atoms with Crippen molar-refractivity contribution in [1.82, 2.24) is 4.98 Å². The highest BCUT2D eigenvalue weighted by molar-refractivity contribution is 6.08. The van der Waals surface area contributed by atoms with E-state index >= 15 is 0 Å². The predicted octanol–water partition coefficient (Wildman–Crippen LogP) is 3.07. The van der Waals surface area contributed by atoms with Gasteiger partial charge in [-0.15, -0.1) is 0 Å². The zero-order valence-corrected chi connectivity index (χ0v) is 10.7. The van der Waals surface area contributed by atoms with Crippen LogP contribution in [0.5, 0.6) is 0 Å². The molecule has 0 aliphatic carbocycles. The first-order chi connectivity index (χ1) is 9.74. The van der Waals surface area contributed by atoms with Crippen LogP contribution in [-0.2, 0) is 0 Å². The van der Waals surface area contributed by atoms with Crippen molar-refractivity contribution in [2.24, 2.45) is 0 Å². The van der Waals surface area contributed by atoms with Gasteiger partial charge in [0, 0.05) is 23.0 Å². The Morgan fingerprint density at radius 1 is 1.05 bits per heavy atom. The Morgan fingerprint density at radius 3 is 2.75 bits per heavy atom. The van der Waals surface area contributed by atoms with Crippen LogP contribution in [0.4, 0.5) is 11.4 Å². The smallest absolute Gasteiger partial charge is 0.257 e. The topological polar surface area (TPSA) is 68.0 Å². The second-order valence-electron chi connectivity index (χ2n) is 4.45. The van der Waals surface area contributed by atoms with Crippen LogP contribution in [0.25, 0.3) is 10.9 Å². The number of nitrogen functional groups attached to an aromatic ring is 1. The van der Waals surface area contributed by atoms with E-state index in [-0.39, 0.29) is 5.91 Å². The Labute approximate surface area is 116 Å². The van der Waals surface area contributed by atoms with E-state index in [1.165, 1.54) is 0 Å². The highest BCUT2D eigenvalue weighted by atomic mass is 16.1. The number of nitrogens with one attached hydrogen (secondary N) is 1. The molecule has 0 fully saturated rings. The summed E-state index contributed by atoms with van der Waals surface area (Å²) < 4.78 is 0. The molecule has 0 radical (unpaired) electrons. The van der Waals surface area contributed by atoms with Crippen LogP contribution in [-0.4, -0.2) is 10.9 Å². The molecule has 4 nitrogen and oxygen atoms in total. The van der Waals surface area contributed by atoms with Crippen LogP contribution in [0.1, 0.15) is 10.4 Å². The van der Waals surface area contributed by atoms with Crippen molar-refractivity contribution in [3.63, 3.8) is 0 Å². The molecule has 0 saturated heterocycles.